The van der Waals surface area contributed by atoms with Crippen molar-refractivity contribution < 1.29 is 0 Å². The maximum atomic E-state index is 5.85. The number of rotatable bonds is 3. The molecule has 0 bridgehead atoms. The minimum atomic E-state index is 0.720. The predicted octanol–water partition coefficient (Wildman–Crippen LogP) is 3.38. The number of aryl methyl sites for hydroxylation is 1. The zero-order valence-electron chi connectivity index (χ0n) is 12.6. The van der Waals surface area contributed by atoms with Crippen LogP contribution in [0.4, 0.5) is 17.2 Å². The Kier molecular flexibility index (Phi) is 3.01. The molecule has 0 radical (unpaired) electrons. The number of aromatic amines is 1. The van der Waals surface area contributed by atoms with E-state index < -0.39 is 0 Å². The van der Waals surface area contributed by atoms with Crippen LogP contribution in [0.25, 0.3) is 16.6 Å². The summed E-state index contributed by atoms with van der Waals surface area (Å²) in [6.07, 6.45) is 1.80. The summed E-state index contributed by atoms with van der Waals surface area (Å²) in [5, 5.41) is 16.0. The summed E-state index contributed by atoms with van der Waals surface area (Å²) in [7, 11) is 0. The molecule has 0 atom stereocenters. The lowest BCUT2D eigenvalue weighted by molar-refractivity contribution is 0.851. The Balaban J connectivity index is 1.66. The van der Waals surface area contributed by atoms with Crippen molar-refractivity contribution >= 4 is 28.1 Å². The van der Waals surface area contributed by atoms with Crippen LogP contribution in [0.1, 0.15) is 5.69 Å². The fourth-order valence-electron chi connectivity index (χ4n) is 2.62. The summed E-state index contributed by atoms with van der Waals surface area (Å²) in [6, 6.07) is 15.7. The zero-order valence-corrected chi connectivity index (χ0v) is 12.6. The van der Waals surface area contributed by atoms with E-state index in [2.05, 4.69) is 20.6 Å². The van der Waals surface area contributed by atoms with Gasteiger partial charge in [0, 0.05) is 28.5 Å². The lowest BCUT2D eigenvalue weighted by atomic mass is 10.2. The number of nitrogens with two attached hydrogens (primary N) is 1. The molecule has 0 spiro atoms. The van der Waals surface area contributed by atoms with Gasteiger partial charge in [-0.3, -0.25) is 5.10 Å². The molecule has 23 heavy (non-hydrogen) atoms. The molecule has 0 aliphatic rings. The first kappa shape index (κ1) is 13.4. The molecule has 4 rings (SSSR count). The van der Waals surface area contributed by atoms with Crippen LogP contribution in [0.2, 0.25) is 0 Å². The van der Waals surface area contributed by atoms with Gasteiger partial charge in [0.05, 0.1) is 17.4 Å². The number of fused-ring (bicyclic) bond motifs is 1. The average Bonchev–Trinajstić information content (AvgIpc) is 3.13. The van der Waals surface area contributed by atoms with Crippen molar-refractivity contribution in [3.05, 3.63) is 60.4 Å². The van der Waals surface area contributed by atoms with Crippen LogP contribution in [-0.4, -0.2) is 20.0 Å². The second-order valence-electron chi connectivity index (χ2n) is 5.47. The highest BCUT2D eigenvalue weighted by Crippen LogP contribution is 2.22. The summed E-state index contributed by atoms with van der Waals surface area (Å²) in [4.78, 5) is 0. The van der Waals surface area contributed by atoms with Gasteiger partial charge in [0.15, 0.2) is 5.82 Å². The largest absolute Gasteiger partial charge is 0.399 e. The van der Waals surface area contributed by atoms with Crippen molar-refractivity contribution in [3.8, 4) is 5.69 Å². The van der Waals surface area contributed by atoms with Crippen LogP contribution < -0.4 is 11.1 Å². The molecule has 0 amide bonds. The van der Waals surface area contributed by atoms with Crippen molar-refractivity contribution in [1.82, 2.24) is 20.0 Å². The van der Waals surface area contributed by atoms with E-state index in [0.717, 1.165) is 39.5 Å². The number of H-pyrrole nitrogens is 1. The van der Waals surface area contributed by atoms with Gasteiger partial charge in [-0.25, -0.2) is 4.68 Å². The third kappa shape index (κ3) is 2.50. The average molecular weight is 304 g/mol. The fraction of sp³-hybridized carbons (Fsp3) is 0.0588. The molecule has 0 unspecified atom stereocenters. The van der Waals surface area contributed by atoms with E-state index in [1.807, 2.05) is 60.1 Å². The van der Waals surface area contributed by atoms with Gasteiger partial charge in [0.1, 0.15) is 0 Å². The van der Waals surface area contributed by atoms with E-state index in [9.17, 15) is 0 Å². The van der Waals surface area contributed by atoms with Gasteiger partial charge in [-0.15, -0.1) is 5.10 Å². The summed E-state index contributed by atoms with van der Waals surface area (Å²) < 4.78 is 1.87. The van der Waals surface area contributed by atoms with E-state index in [4.69, 9.17) is 5.73 Å². The first-order chi connectivity index (χ1) is 11.2. The van der Waals surface area contributed by atoms with Crippen molar-refractivity contribution in [2.45, 2.75) is 6.92 Å². The van der Waals surface area contributed by atoms with Crippen LogP contribution in [-0.2, 0) is 0 Å². The second kappa shape index (κ2) is 5.17. The van der Waals surface area contributed by atoms with Crippen molar-refractivity contribution in [2.24, 2.45) is 0 Å². The zero-order chi connectivity index (χ0) is 15.8. The standard InChI is InChI=1S/C17H16N6/c1-11-7-17(22-23(11)15-4-2-3-13(18)9-15)20-14-5-6-16-12(8-14)10-19-21-16/h2-10H,18H2,1H3,(H,19,21)(H,20,22). The van der Waals surface area contributed by atoms with Crippen LogP contribution >= 0.6 is 0 Å². The smallest absolute Gasteiger partial charge is 0.153 e. The Labute approximate surface area is 132 Å². The maximum Gasteiger partial charge on any atom is 0.153 e. The molecule has 6 heteroatoms. The lowest BCUT2D eigenvalue weighted by Gasteiger charge is -2.05. The van der Waals surface area contributed by atoms with Crippen LogP contribution in [0.5, 0.6) is 0 Å². The minimum absolute atomic E-state index is 0.720. The van der Waals surface area contributed by atoms with E-state index in [1.165, 1.54) is 0 Å². The predicted molar refractivity (Wildman–Crippen MR) is 92.1 cm³/mol. The number of hydrogen-bond donors (Lipinski definition) is 3. The van der Waals surface area contributed by atoms with Gasteiger partial charge in [0.2, 0.25) is 0 Å². The Bertz CT molecular complexity index is 982. The maximum absolute atomic E-state index is 5.85. The van der Waals surface area contributed by atoms with Gasteiger partial charge in [-0.1, -0.05) is 6.07 Å². The highest BCUT2D eigenvalue weighted by molar-refractivity contribution is 5.82. The molecule has 114 valence electrons. The van der Waals surface area contributed by atoms with Crippen LogP contribution in [0.3, 0.4) is 0 Å². The van der Waals surface area contributed by atoms with E-state index in [-0.39, 0.29) is 0 Å². The number of aromatic nitrogens is 4. The third-order valence-electron chi connectivity index (χ3n) is 3.71. The first-order valence-corrected chi connectivity index (χ1v) is 7.32. The Morgan fingerprint density at radius 2 is 2.04 bits per heavy atom. The van der Waals surface area contributed by atoms with Crippen molar-refractivity contribution in [2.75, 3.05) is 11.1 Å². The van der Waals surface area contributed by atoms with Crippen molar-refractivity contribution in [1.29, 1.82) is 0 Å². The van der Waals surface area contributed by atoms with Gasteiger partial charge in [0.25, 0.3) is 0 Å². The second-order valence-corrected chi connectivity index (χ2v) is 5.47. The molecular formula is C17H16N6. The molecule has 0 aliphatic carbocycles. The Morgan fingerprint density at radius 3 is 2.91 bits per heavy atom. The van der Waals surface area contributed by atoms with E-state index in [1.54, 1.807) is 6.20 Å². The minimum Gasteiger partial charge on any atom is -0.399 e. The topological polar surface area (TPSA) is 84.5 Å². The Morgan fingerprint density at radius 1 is 1.13 bits per heavy atom. The molecular weight excluding hydrogens is 288 g/mol. The number of hydrogen-bond acceptors (Lipinski definition) is 4. The summed E-state index contributed by atoms with van der Waals surface area (Å²) >= 11 is 0. The first-order valence-electron chi connectivity index (χ1n) is 7.32. The van der Waals surface area contributed by atoms with Crippen molar-refractivity contribution in [3.63, 3.8) is 0 Å². The van der Waals surface area contributed by atoms with Gasteiger partial charge in [-0.05, 0) is 43.3 Å². The molecule has 6 nitrogen and oxygen atoms in total. The molecule has 0 fully saturated rings. The highest BCUT2D eigenvalue weighted by Gasteiger charge is 2.07. The molecule has 4 N–H and O–H groups in total. The fourth-order valence-corrected chi connectivity index (χ4v) is 2.62. The van der Waals surface area contributed by atoms with E-state index >= 15 is 0 Å². The summed E-state index contributed by atoms with van der Waals surface area (Å²) in [5.41, 5.74) is 10.5. The quantitative estimate of drug-likeness (QED) is 0.507. The normalized spacial score (nSPS) is 11.0. The summed E-state index contributed by atoms with van der Waals surface area (Å²) in [5.74, 6) is 0.785. The number of benzene rings is 2. The number of nitrogens with one attached hydrogen (secondary N) is 2. The van der Waals surface area contributed by atoms with Gasteiger partial charge < -0.3 is 11.1 Å². The number of nitrogen functional groups attached to an aromatic ring is 1. The molecule has 2 aromatic carbocycles. The van der Waals surface area contributed by atoms with Crippen LogP contribution in [0, 0.1) is 6.92 Å². The van der Waals surface area contributed by atoms with Gasteiger partial charge in [-0.2, -0.15) is 5.10 Å². The SMILES string of the molecule is Cc1cc(Nc2ccc3[nH]ncc3c2)nn1-c1cccc(N)c1. The van der Waals surface area contributed by atoms with E-state index in [0.29, 0.717) is 0 Å². The molecule has 4 aromatic rings. The van der Waals surface area contributed by atoms with Crippen LogP contribution in [0.15, 0.2) is 54.7 Å². The molecule has 2 heterocycles. The molecule has 0 saturated carbocycles. The van der Waals surface area contributed by atoms with Gasteiger partial charge >= 0.3 is 0 Å². The third-order valence-corrected chi connectivity index (χ3v) is 3.71. The monoisotopic (exact) mass is 304 g/mol. The highest BCUT2D eigenvalue weighted by atomic mass is 15.3. The Hall–Kier alpha value is -3.28. The lowest BCUT2D eigenvalue weighted by Crippen LogP contribution is -2.00. The number of nitrogens with zero attached hydrogens (tertiary/aromatic N) is 3. The molecule has 2 aromatic heterocycles. The molecule has 0 aliphatic heterocycles. The molecule has 0 saturated heterocycles. The summed E-state index contributed by atoms with van der Waals surface area (Å²) in [6.45, 7) is 2.01. The number of anilines is 3.